The van der Waals surface area contributed by atoms with Crippen LogP contribution in [0.3, 0.4) is 0 Å². The van der Waals surface area contributed by atoms with E-state index in [-0.39, 0.29) is 6.10 Å². The summed E-state index contributed by atoms with van der Waals surface area (Å²) >= 11 is 3.44. The number of hydrogen-bond acceptors (Lipinski definition) is 3. The molecule has 2 rings (SSSR count). The molecule has 0 aliphatic carbocycles. The first-order valence-electron chi connectivity index (χ1n) is 5.64. The topological polar surface area (TPSA) is 20.2 Å². The summed E-state index contributed by atoms with van der Waals surface area (Å²) in [6.45, 7) is 0. The van der Waals surface area contributed by atoms with Crippen molar-refractivity contribution in [2.45, 2.75) is 23.8 Å². The molecule has 0 radical (unpaired) electrons. The quantitative estimate of drug-likeness (QED) is 0.819. The highest BCUT2D eigenvalue weighted by molar-refractivity contribution is 7.98. The molecule has 17 heavy (non-hydrogen) atoms. The molecule has 1 aromatic carbocycles. The van der Waals surface area contributed by atoms with Gasteiger partial charge in [0.1, 0.15) is 0 Å². The molecule has 0 aliphatic heterocycles. The average molecular weight is 264 g/mol. The lowest BCUT2D eigenvalue weighted by Crippen LogP contribution is -2.00. The molecule has 1 heterocycles. The summed E-state index contributed by atoms with van der Waals surface area (Å²) in [5, 5.41) is 12.3. The third kappa shape index (κ3) is 3.35. The third-order valence-electron chi connectivity index (χ3n) is 2.74. The average Bonchev–Trinajstić information content (AvgIpc) is 2.89. The number of aryl methyl sites for hydroxylation is 1. The minimum atomic E-state index is -0.360. The van der Waals surface area contributed by atoms with Gasteiger partial charge in [-0.15, -0.1) is 23.1 Å². The molecule has 0 bridgehead atoms. The first-order valence-corrected chi connectivity index (χ1v) is 7.75. The summed E-state index contributed by atoms with van der Waals surface area (Å²) in [5.74, 6) is 0. The molecule has 90 valence electrons. The van der Waals surface area contributed by atoms with Gasteiger partial charge in [-0.1, -0.05) is 24.3 Å². The molecule has 0 saturated carbocycles. The van der Waals surface area contributed by atoms with Crippen molar-refractivity contribution in [1.82, 2.24) is 0 Å². The monoisotopic (exact) mass is 264 g/mol. The van der Waals surface area contributed by atoms with Crippen molar-refractivity contribution in [3.05, 3.63) is 52.2 Å². The molecule has 0 saturated heterocycles. The largest absolute Gasteiger partial charge is 0.388 e. The molecular formula is C14H16OS2. The zero-order valence-corrected chi connectivity index (χ0v) is 11.4. The van der Waals surface area contributed by atoms with E-state index in [4.69, 9.17) is 0 Å². The van der Waals surface area contributed by atoms with Crippen LogP contribution in [0, 0.1) is 0 Å². The summed E-state index contributed by atoms with van der Waals surface area (Å²) in [6.07, 6.45) is 3.42. The standard InChI is InChI=1S/C14H16OS2/c1-16-14-7-3-2-6-12(14)13(15)9-8-11-5-4-10-17-11/h2-7,10,13,15H,8-9H2,1H3. The summed E-state index contributed by atoms with van der Waals surface area (Å²) in [4.78, 5) is 2.51. The van der Waals surface area contributed by atoms with Crippen LogP contribution in [0.15, 0.2) is 46.7 Å². The predicted octanol–water partition coefficient (Wildman–Crippen LogP) is 4.14. The van der Waals surface area contributed by atoms with Crippen molar-refractivity contribution >= 4 is 23.1 Å². The highest BCUT2D eigenvalue weighted by Crippen LogP contribution is 2.28. The van der Waals surface area contributed by atoms with E-state index in [2.05, 4.69) is 23.6 Å². The summed E-state index contributed by atoms with van der Waals surface area (Å²) < 4.78 is 0. The van der Waals surface area contributed by atoms with Gasteiger partial charge in [-0.3, -0.25) is 0 Å². The van der Waals surface area contributed by atoms with E-state index >= 15 is 0 Å². The van der Waals surface area contributed by atoms with Crippen molar-refractivity contribution in [3.8, 4) is 0 Å². The Hall–Kier alpha value is -0.770. The van der Waals surface area contributed by atoms with Crippen LogP contribution in [0.2, 0.25) is 0 Å². The number of thiophene rings is 1. The zero-order valence-electron chi connectivity index (χ0n) is 9.80. The van der Waals surface area contributed by atoms with Crippen LogP contribution in [0.4, 0.5) is 0 Å². The lowest BCUT2D eigenvalue weighted by molar-refractivity contribution is 0.165. The van der Waals surface area contributed by atoms with E-state index in [1.165, 1.54) is 9.77 Å². The highest BCUT2D eigenvalue weighted by Gasteiger charge is 2.11. The second-order valence-electron chi connectivity index (χ2n) is 3.88. The minimum Gasteiger partial charge on any atom is -0.388 e. The fraction of sp³-hybridized carbons (Fsp3) is 0.286. The molecule has 0 fully saturated rings. The normalized spacial score (nSPS) is 12.6. The lowest BCUT2D eigenvalue weighted by Gasteiger charge is -2.13. The van der Waals surface area contributed by atoms with E-state index in [1.54, 1.807) is 23.1 Å². The van der Waals surface area contributed by atoms with Gasteiger partial charge in [-0.05, 0) is 42.2 Å². The van der Waals surface area contributed by atoms with Crippen molar-refractivity contribution in [2.24, 2.45) is 0 Å². The van der Waals surface area contributed by atoms with E-state index in [1.807, 2.05) is 24.5 Å². The Labute approximate surface area is 111 Å². The molecule has 1 N–H and O–H groups in total. The SMILES string of the molecule is CSc1ccccc1C(O)CCc1cccs1. The first-order chi connectivity index (χ1) is 8.31. The fourth-order valence-corrected chi connectivity index (χ4v) is 3.21. The van der Waals surface area contributed by atoms with Gasteiger partial charge < -0.3 is 5.11 Å². The van der Waals surface area contributed by atoms with E-state index in [0.29, 0.717) is 0 Å². The maximum Gasteiger partial charge on any atom is 0.0804 e. The van der Waals surface area contributed by atoms with E-state index < -0.39 is 0 Å². The van der Waals surface area contributed by atoms with Gasteiger partial charge in [-0.25, -0.2) is 0 Å². The Balaban J connectivity index is 2.01. The summed E-state index contributed by atoms with van der Waals surface area (Å²) in [5.41, 5.74) is 1.05. The molecule has 0 spiro atoms. The number of rotatable bonds is 5. The summed E-state index contributed by atoms with van der Waals surface area (Å²) in [6, 6.07) is 12.3. The number of thioether (sulfide) groups is 1. The molecule has 1 aromatic heterocycles. The van der Waals surface area contributed by atoms with Gasteiger partial charge in [0.25, 0.3) is 0 Å². The third-order valence-corrected chi connectivity index (χ3v) is 4.49. The maximum atomic E-state index is 10.2. The highest BCUT2D eigenvalue weighted by atomic mass is 32.2. The lowest BCUT2D eigenvalue weighted by atomic mass is 10.0. The Morgan fingerprint density at radius 3 is 2.76 bits per heavy atom. The smallest absolute Gasteiger partial charge is 0.0804 e. The predicted molar refractivity (Wildman–Crippen MR) is 75.8 cm³/mol. The van der Waals surface area contributed by atoms with Gasteiger partial charge in [0.2, 0.25) is 0 Å². The second kappa shape index (κ2) is 6.24. The van der Waals surface area contributed by atoms with Crippen molar-refractivity contribution in [3.63, 3.8) is 0 Å². The van der Waals surface area contributed by atoms with Crippen LogP contribution in [0.25, 0.3) is 0 Å². The van der Waals surface area contributed by atoms with Crippen LogP contribution in [0.1, 0.15) is 23.0 Å². The van der Waals surface area contributed by atoms with Crippen molar-refractivity contribution < 1.29 is 5.11 Å². The van der Waals surface area contributed by atoms with Crippen molar-refractivity contribution in [1.29, 1.82) is 0 Å². The Morgan fingerprint density at radius 1 is 1.24 bits per heavy atom. The number of aliphatic hydroxyl groups excluding tert-OH is 1. The number of aliphatic hydroxyl groups is 1. The summed E-state index contributed by atoms with van der Waals surface area (Å²) in [7, 11) is 0. The molecule has 1 unspecified atom stereocenters. The van der Waals surface area contributed by atoms with E-state index in [9.17, 15) is 5.11 Å². The van der Waals surface area contributed by atoms with Gasteiger partial charge in [0.15, 0.2) is 0 Å². The van der Waals surface area contributed by atoms with Gasteiger partial charge in [0.05, 0.1) is 6.10 Å². The number of benzene rings is 1. The van der Waals surface area contributed by atoms with Crippen LogP contribution in [-0.2, 0) is 6.42 Å². The molecule has 1 atom stereocenters. The Bertz CT molecular complexity index is 451. The molecule has 1 nitrogen and oxygen atoms in total. The van der Waals surface area contributed by atoms with Crippen LogP contribution < -0.4 is 0 Å². The fourth-order valence-electron chi connectivity index (χ4n) is 1.83. The first kappa shape index (κ1) is 12.7. The molecule has 0 aliphatic rings. The molecule has 3 heteroatoms. The van der Waals surface area contributed by atoms with E-state index in [0.717, 1.165) is 18.4 Å². The Kier molecular flexibility index (Phi) is 4.66. The zero-order chi connectivity index (χ0) is 12.1. The minimum absolute atomic E-state index is 0.360. The van der Waals surface area contributed by atoms with Gasteiger partial charge in [-0.2, -0.15) is 0 Å². The van der Waals surface area contributed by atoms with Crippen LogP contribution >= 0.6 is 23.1 Å². The Morgan fingerprint density at radius 2 is 2.06 bits per heavy atom. The van der Waals surface area contributed by atoms with Crippen LogP contribution in [0.5, 0.6) is 0 Å². The maximum absolute atomic E-state index is 10.2. The number of hydrogen-bond donors (Lipinski definition) is 1. The van der Waals surface area contributed by atoms with Gasteiger partial charge >= 0.3 is 0 Å². The van der Waals surface area contributed by atoms with Crippen LogP contribution in [-0.4, -0.2) is 11.4 Å². The molecule has 0 amide bonds. The van der Waals surface area contributed by atoms with Crippen molar-refractivity contribution in [2.75, 3.05) is 6.26 Å². The molecular weight excluding hydrogens is 248 g/mol. The molecule has 2 aromatic rings. The van der Waals surface area contributed by atoms with Gasteiger partial charge in [0, 0.05) is 9.77 Å². The second-order valence-corrected chi connectivity index (χ2v) is 5.76.